The Morgan fingerprint density at radius 1 is 1.53 bits per heavy atom. The molecular weight excluding hydrogens is 245 g/mol. The lowest BCUT2D eigenvalue weighted by molar-refractivity contribution is 0.0887. The SMILES string of the molecule is CN1CCC(C)(CNC(=O)c2ccncc2F)CC1. The minimum Gasteiger partial charge on any atom is -0.351 e. The molecular formula is C14H20FN3O. The molecule has 2 rings (SSSR count). The van der Waals surface area contributed by atoms with E-state index in [-0.39, 0.29) is 16.9 Å². The lowest BCUT2D eigenvalue weighted by Crippen LogP contribution is -2.43. The van der Waals surface area contributed by atoms with Crippen LogP contribution in [0.2, 0.25) is 0 Å². The van der Waals surface area contributed by atoms with Crippen molar-refractivity contribution < 1.29 is 9.18 Å². The molecule has 0 aliphatic carbocycles. The minimum absolute atomic E-state index is 0.0616. The lowest BCUT2D eigenvalue weighted by Gasteiger charge is -2.37. The Balaban J connectivity index is 1.92. The first-order valence-electron chi connectivity index (χ1n) is 6.56. The largest absolute Gasteiger partial charge is 0.351 e. The fraction of sp³-hybridized carbons (Fsp3) is 0.571. The molecule has 1 saturated heterocycles. The number of likely N-dealkylation sites (tertiary alicyclic amines) is 1. The highest BCUT2D eigenvalue weighted by Crippen LogP contribution is 2.29. The normalized spacial score (nSPS) is 19.1. The van der Waals surface area contributed by atoms with Gasteiger partial charge in [-0.3, -0.25) is 9.78 Å². The van der Waals surface area contributed by atoms with Crippen LogP contribution in [-0.2, 0) is 0 Å². The molecule has 1 aromatic rings. The van der Waals surface area contributed by atoms with Crippen molar-refractivity contribution in [3.05, 3.63) is 29.8 Å². The van der Waals surface area contributed by atoms with Crippen molar-refractivity contribution in [2.75, 3.05) is 26.7 Å². The van der Waals surface area contributed by atoms with Crippen molar-refractivity contribution in [1.82, 2.24) is 15.2 Å². The predicted octanol–water partition coefficient (Wildman–Crippen LogP) is 1.68. The van der Waals surface area contributed by atoms with Gasteiger partial charge in [-0.25, -0.2) is 4.39 Å². The van der Waals surface area contributed by atoms with E-state index < -0.39 is 5.82 Å². The zero-order chi connectivity index (χ0) is 13.9. The maximum Gasteiger partial charge on any atom is 0.254 e. The van der Waals surface area contributed by atoms with Crippen LogP contribution < -0.4 is 5.32 Å². The van der Waals surface area contributed by atoms with E-state index in [9.17, 15) is 9.18 Å². The Labute approximate surface area is 113 Å². The molecule has 0 unspecified atom stereocenters. The van der Waals surface area contributed by atoms with Gasteiger partial charge < -0.3 is 10.2 Å². The summed E-state index contributed by atoms with van der Waals surface area (Å²) in [6, 6.07) is 1.40. The number of amides is 1. The number of carbonyl (C=O) groups excluding carboxylic acids is 1. The van der Waals surface area contributed by atoms with E-state index in [0.29, 0.717) is 6.54 Å². The van der Waals surface area contributed by atoms with E-state index in [4.69, 9.17) is 0 Å². The van der Waals surface area contributed by atoms with E-state index in [1.165, 1.54) is 12.3 Å². The third kappa shape index (κ3) is 3.50. The number of rotatable bonds is 3. The van der Waals surface area contributed by atoms with E-state index in [1.807, 2.05) is 0 Å². The molecule has 0 atom stereocenters. The molecule has 1 aliphatic rings. The van der Waals surface area contributed by atoms with Crippen LogP contribution in [0, 0.1) is 11.2 Å². The fourth-order valence-corrected chi connectivity index (χ4v) is 2.28. The Hall–Kier alpha value is -1.49. The third-order valence-electron chi connectivity index (χ3n) is 3.89. The molecule has 0 spiro atoms. The van der Waals surface area contributed by atoms with Gasteiger partial charge in [-0.05, 0) is 44.5 Å². The number of carbonyl (C=O) groups is 1. The fourth-order valence-electron chi connectivity index (χ4n) is 2.28. The van der Waals surface area contributed by atoms with Crippen LogP contribution in [0.3, 0.4) is 0 Å². The van der Waals surface area contributed by atoms with Gasteiger partial charge in [0.15, 0.2) is 5.82 Å². The van der Waals surface area contributed by atoms with Gasteiger partial charge in [-0.1, -0.05) is 6.92 Å². The van der Waals surface area contributed by atoms with Crippen molar-refractivity contribution >= 4 is 5.91 Å². The smallest absolute Gasteiger partial charge is 0.254 e. The molecule has 0 saturated carbocycles. The molecule has 2 heterocycles. The third-order valence-corrected chi connectivity index (χ3v) is 3.89. The molecule has 1 aromatic heterocycles. The minimum atomic E-state index is -0.575. The molecule has 1 aliphatic heterocycles. The van der Waals surface area contributed by atoms with Gasteiger partial charge in [0.05, 0.1) is 11.8 Å². The molecule has 5 heteroatoms. The molecule has 0 aromatic carbocycles. The van der Waals surface area contributed by atoms with Gasteiger partial charge in [0.25, 0.3) is 5.91 Å². The number of hydrogen-bond donors (Lipinski definition) is 1. The summed E-state index contributed by atoms with van der Waals surface area (Å²) in [5, 5.41) is 2.84. The summed E-state index contributed by atoms with van der Waals surface area (Å²) in [4.78, 5) is 17.8. The number of nitrogens with one attached hydrogen (secondary N) is 1. The van der Waals surface area contributed by atoms with Crippen LogP contribution in [0.25, 0.3) is 0 Å². The highest BCUT2D eigenvalue weighted by molar-refractivity contribution is 5.94. The van der Waals surface area contributed by atoms with Crippen molar-refractivity contribution in [3.63, 3.8) is 0 Å². The summed E-state index contributed by atoms with van der Waals surface area (Å²) in [6.45, 7) is 4.83. The number of hydrogen-bond acceptors (Lipinski definition) is 3. The summed E-state index contributed by atoms with van der Waals surface area (Å²) in [6.07, 6.45) is 4.58. The maximum absolute atomic E-state index is 13.4. The van der Waals surface area contributed by atoms with Crippen LogP contribution >= 0.6 is 0 Å². The molecule has 19 heavy (non-hydrogen) atoms. The van der Waals surface area contributed by atoms with Crippen molar-refractivity contribution in [2.45, 2.75) is 19.8 Å². The van der Waals surface area contributed by atoms with E-state index in [1.54, 1.807) is 0 Å². The van der Waals surface area contributed by atoms with E-state index in [2.05, 4.69) is 29.2 Å². The van der Waals surface area contributed by atoms with Crippen LogP contribution in [0.15, 0.2) is 18.5 Å². The van der Waals surface area contributed by atoms with Gasteiger partial charge in [-0.2, -0.15) is 0 Å². The first-order chi connectivity index (χ1) is 9.00. The van der Waals surface area contributed by atoms with Gasteiger partial charge in [0, 0.05) is 12.7 Å². The number of piperidine rings is 1. The molecule has 1 amide bonds. The quantitative estimate of drug-likeness (QED) is 0.904. The zero-order valence-corrected chi connectivity index (χ0v) is 11.4. The molecule has 1 N–H and O–H groups in total. The van der Waals surface area contributed by atoms with Crippen LogP contribution in [0.5, 0.6) is 0 Å². The monoisotopic (exact) mass is 265 g/mol. The maximum atomic E-state index is 13.4. The molecule has 0 radical (unpaired) electrons. The Morgan fingerprint density at radius 2 is 2.21 bits per heavy atom. The standard InChI is InChI=1S/C14H20FN3O/c1-14(4-7-18(2)8-5-14)10-17-13(19)11-3-6-16-9-12(11)15/h3,6,9H,4-5,7-8,10H2,1-2H3,(H,17,19). The molecule has 104 valence electrons. The summed E-state index contributed by atoms with van der Waals surface area (Å²) >= 11 is 0. The van der Waals surface area contributed by atoms with Crippen molar-refractivity contribution in [2.24, 2.45) is 5.41 Å². The lowest BCUT2D eigenvalue weighted by atomic mass is 9.80. The van der Waals surface area contributed by atoms with Gasteiger partial charge >= 0.3 is 0 Å². The van der Waals surface area contributed by atoms with Crippen molar-refractivity contribution in [1.29, 1.82) is 0 Å². The Kier molecular flexibility index (Phi) is 4.14. The Morgan fingerprint density at radius 3 is 2.84 bits per heavy atom. The van der Waals surface area contributed by atoms with Crippen LogP contribution in [0.4, 0.5) is 4.39 Å². The first-order valence-corrected chi connectivity index (χ1v) is 6.56. The first kappa shape index (κ1) is 13.9. The van der Waals surface area contributed by atoms with Gasteiger partial charge in [-0.15, -0.1) is 0 Å². The summed E-state index contributed by atoms with van der Waals surface area (Å²) < 4.78 is 13.4. The molecule has 0 bridgehead atoms. The topological polar surface area (TPSA) is 45.2 Å². The van der Waals surface area contributed by atoms with Gasteiger partial charge in [0.2, 0.25) is 0 Å². The van der Waals surface area contributed by atoms with Crippen molar-refractivity contribution in [3.8, 4) is 0 Å². The zero-order valence-electron chi connectivity index (χ0n) is 11.4. The van der Waals surface area contributed by atoms with Gasteiger partial charge in [0.1, 0.15) is 0 Å². The average Bonchev–Trinajstić information content (AvgIpc) is 2.41. The molecule has 1 fully saturated rings. The predicted molar refractivity (Wildman–Crippen MR) is 71.4 cm³/mol. The highest BCUT2D eigenvalue weighted by Gasteiger charge is 2.29. The van der Waals surface area contributed by atoms with E-state index >= 15 is 0 Å². The van der Waals surface area contributed by atoms with Crippen LogP contribution in [0.1, 0.15) is 30.1 Å². The number of pyridine rings is 1. The summed E-state index contributed by atoms with van der Waals surface area (Å²) in [5.74, 6) is -0.936. The number of aromatic nitrogens is 1. The Bertz CT molecular complexity index is 456. The number of halogens is 1. The average molecular weight is 265 g/mol. The second kappa shape index (κ2) is 5.65. The number of nitrogens with zero attached hydrogens (tertiary/aromatic N) is 2. The highest BCUT2D eigenvalue weighted by atomic mass is 19.1. The molecule has 4 nitrogen and oxygen atoms in total. The van der Waals surface area contributed by atoms with E-state index in [0.717, 1.165) is 32.1 Å². The second-order valence-electron chi connectivity index (χ2n) is 5.65. The second-order valence-corrected chi connectivity index (χ2v) is 5.65. The van der Waals surface area contributed by atoms with Crippen LogP contribution in [-0.4, -0.2) is 42.5 Å². The summed E-state index contributed by atoms with van der Waals surface area (Å²) in [7, 11) is 2.10. The summed E-state index contributed by atoms with van der Waals surface area (Å²) in [5.41, 5.74) is 0.164.